The Hall–Kier alpha value is -1.16. The normalized spacial score (nSPS) is 14.2. The van der Waals surface area contributed by atoms with Crippen LogP contribution in [0, 0.1) is 0 Å². The molecule has 0 aliphatic heterocycles. The number of nitrogens with one attached hydrogen (secondary N) is 1. The molecule has 3 N–H and O–H groups in total. The number of anilines is 1. The van der Waals surface area contributed by atoms with Gasteiger partial charge in [-0.1, -0.05) is 6.92 Å². The molecule has 1 rings (SSSR count). The number of benzene rings is 1. The van der Waals surface area contributed by atoms with Crippen LogP contribution in [0.4, 0.5) is 5.69 Å². The van der Waals surface area contributed by atoms with Gasteiger partial charge in [-0.25, -0.2) is 16.8 Å². The minimum Gasteiger partial charge on any atom is -0.323 e. The third-order valence-electron chi connectivity index (χ3n) is 3.41. The van der Waals surface area contributed by atoms with Gasteiger partial charge in [0.2, 0.25) is 10.0 Å². The summed E-state index contributed by atoms with van der Waals surface area (Å²) >= 11 is 0. The minimum absolute atomic E-state index is 0.0716. The average molecular weight is 335 g/mol. The highest BCUT2D eigenvalue weighted by Gasteiger charge is 2.28. The molecule has 0 aliphatic carbocycles. The van der Waals surface area contributed by atoms with Crippen molar-refractivity contribution in [2.45, 2.75) is 36.1 Å². The lowest BCUT2D eigenvalue weighted by molar-refractivity contribution is 0.380. The van der Waals surface area contributed by atoms with Gasteiger partial charge in [0, 0.05) is 19.3 Å². The summed E-state index contributed by atoms with van der Waals surface area (Å²) in [5.41, 5.74) is 2.44. The van der Waals surface area contributed by atoms with Crippen molar-refractivity contribution < 1.29 is 16.8 Å². The zero-order valence-corrected chi connectivity index (χ0v) is 14.1. The topological polar surface area (TPSA) is 110 Å². The van der Waals surface area contributed by atoms with E-state index >= 15 is 0 Å². The number of rotatable bonds is 6. The van der Waals surface area contributed by atoms with Gasteiger partial charge in [-0.2, -0.15) is 4.31 Å². The number of nitrogen functional groups attached to an aromatic ring is 1. The maximum Gasteiger partial charge on any atom is 0.245 e. The molecule has 1 aromatic rings. The fourth-order valence-electron chi connectivity index (χ4n) is 1.72. The van der Waals surface area contributed by atoms with E-state index in [0.717, 1.165) is 12.3 Å². The van der Waals surface area contributed by atoms with Crippen molar-refractivity contribution in [3.8, 4) is 0 Å². The van der Waals surface area contributed by atoms with Crippen LogP contribution in [-0.4, -0.2) is 40.5 Å². The van der Waals surface area contributed by atoms with E-state index in [2.05, 4.69) is 5.43 Å². The molecule has 0 aromatic heterocycles. The van der Waals surface area contributed by atoms with E-state index < -0.39 is 19.9 Å². The van der Waals surface area contributed by atoms with E-state index in [1.807, 2.05) is 6.92 Å². The molecule has 0 saturated carbocycles. The summed E-state index contributed by atoms with van der Waals surface area (Å²) in [5, 5.41) is 0. The first-order chi connectivity index (χ1) is 9.55. The molecular weight excluding hydrogens is 314 g/mol. The van der Waals surface area contributed by atoms with Gasteiger partial charge in [-0.15, -0.1) is 0 Å². The number of sulfonamides is 1. The molecule has 9 heteroatoms. The maximum absolute atomic E-state index is 12.6. The van der Waals surface area contributed by atoms with Gasteiger partial charge in [0.05, 0.1) is 10.6 Å². The van der Waals surface area contributed by atoms with Crippen LogP contribution in [0.3, 0.4) is 0 Å². The van der Waals surface area contributed by atoms with Crippen LogP contribution in [-0.2, 0) is 19.9 Å². The van der Waals surface area contributed by atoms with Gasteiger partial charge in [0.15, 0.2) is 9.84 Å². The highest BCUT2D eigenvalue weighted by Crippen LogP contribution is 2.28. The second-order valence-corrected chi connectivity index (χ2v) is 8.83. The zero-order chi connectivity index (χ0) is 16.4. The Balaban J connectivity index is 3.53. The highest BCUT2D eigenvalue weighted by molar-refractivity contribution is 7.91. The quantitative estimate of drug-likeness (QED) is 0.588. The van der Waals surface area contributed by atoms with Crippen molar-refractivity contribution in [1.29, 1.82) is 0 Å². The van der Waals surface area contributed by atoms with Crippen LogP contribution >= 0.6 is 0 Å². The number of hydrogen-bond acceptors (Lipinski definition) is 6. The van der Waals surface area contributed by atoms with Crippen molar-refractivity contribution in [3.63, 3.8) is 0 Å². The predicted molar refractivity (Wildman–Crippen MR) is 82.1 cm³/mol. The molecule has 1 unspecified atom stereocenters. The number of hydrazine groups is 1. The Morgan fingerprint density at radius 2 is 1.86 bits per heavy atom. The first-order valence-corrected chi connectivity index (χ1v) is 9.67. The van der Waals surface area contributed by atoms with Gasteiger partial charge < -0.3 is 5.43 Å². The summed E-state index contributed by atoms with van der Waals surface area (Å²) in [7, 11) is -5.91. The van der Waals surface area contributed by atoms with E-state index in [4.69, 9.17) is 5.84 Å². The van der Waals surface area contributed by atoms with E-state index in [1.165, 1.54) is 23.5 Å². The molecule has 1 aromatic carbocycles. The molecule has 0 aliphatic rings. The standard InChI is InChI=1S/C12H21N3O4S2/c1-5-9(2)15(3)21(18,19)12-8-10(20(4,16)17)6-7-11(12)14-13/h6-9,14H,5,13H2,1-4H3. The van der Waals surface area contributed by atoms with Crippen LogP contribution in [0.15, 0.2) is 28.0 Å². The Morgan fingerprint density at radius 3 is 2.29 bits per heavy atom. The average Bonchev–Trinajstić information content (AvgIpc) is 2.43. The van der Waals surface area contributed by atoms with Crippen molar-refractivity contribution in [1.82, 2.24) is 4.31 Å². The van der Waals surface area contributed by atoms with Gasteiger partial charge in [0.25, 0.3) is 0 Å². The summed E-state index contributed by atoms with van der Waals surface area (Å²) < 4.78 is 49.7. The van der Waals surface area contributed by atoms with Gasteiger partial charge >= 0.3 is 0 Å². The Kier molecular flexibility index (Phi) is 5.37. The molecule has 0 radical (unpaired) electrons. The largest absolute Gasteiger partial charge is 0.323 e. The van der Waals surface area contributed by atoms with Gasteiger partial charge in [-0.05, 0) is 31.5 Å². The molecule has 21 heavy (non-hydrogen) atoms. The van der Waals surface area contributed by atoms with Crippen molar-refractivity contribution in [3.05, 3.63) is 18.2 Å². The summed E-state index contributed by atoms with van der Waals surface area (Å²) in [6.07, 6.45) is 1.65. The molecule has 1 atom stereocenters. The Labute approximate surface area is 126 Å². The number of nitrogens with zero attached hydrogens (tertiary/aromatic N) is 1. The lowest BCUT2D eigenvalue weighted by atomic mass is 10.3. The highest BCUT2D eigenvalue weighted by atomic mass is 32.2. The molecule has 0 bridgehead atoms. The predicted octanol–water partition coefficient (Wildman–Crippen LogP) is 0.795. The third-order valence-corrected chi connectivity index (χ3v) is 6.53. The van der Waals surface area contributed by atoms with Gasteiger partial charge in [0.1, 0.15) is 4.90 Å². The monoisotopic (exact) mass is 335 g/mol. The SMILES string of the molecule is CCC(C)N(C)S(=O)(=O)c1cc(S(C)(=O)=O)ccc1NN. The lowest BCUT2D eigenvalue weighted by Crippen LogP contribution is -2.35. The van der Waals surface area contributed by atoms with E-state index in [-0.39, 0.29) is 21.5 Å². The molecular formula is C12H21N3O4S2. The zero-order valence-electron chi connectivity index (χ0n) is 12.5. The van der Waals surface area contributed by atoms with Crippen LogP contribution < -0.4 is 11.3 Å². The second-order valence-electron chi connectivity index (χ2n) is 4.85. The number of nitrogens with two attached hydrogens (primary N) is 1. The van der Waals surface area contributed by atoms with Crippen molar-refractivity contribution in [2.75, 3.05) is 18.7 Å². The fourth-order valence-corrected chi connectivity index (χ4v) is 4.05. The molecule has 0 saturated heterocycles. The van der Waals surface area contributed by atoms with Crippen LogP contribution in [0.2, 0.25) is 0 Å². The fraction of sp³-hybridized carbons (Fsp3) is 0.500. The third kappa shape index (κ3) is 3.73. The molecule has 0 heterocycles. The molecule has 7 nitrogen and oxygen atoms in total. The Morgan fingerprint density at radius 1 is 1.29 bits per heavy atom. The van der Waals surface area contributed by atoms with Crippen LogP contribution in [0.1, 0.15) is 20.3 Å². The maximum atomic E-state index is 12.6. The van der Waals surface area contributed by atoms with E-state index in [9.17, 15) is 16.8 Å². The first kappa shape index (κ1) is 17.9. The summed E-state index contributed by atoms with van der Waals surface area (Å²) in [6, 6.07) is 3.56. The van der Waals surface area contributed by atoms with E-state index in [1.54, 1.807) is 6.92 Å². The molecule has 0 spiro atoms. The lowest BCUT2D eigenvalue weighted by Gasteiger charge is -2.24. The molecule has 0 amide bonds. The van der Waals surface area contributed by atoms with Crippen LogP contribution in [0.5, 0.6) is 0 Å². The molecule has 120 valence electrons. The summed E-state index contributed by atoms with van der Waals surface area (Å²) in [6.45, 7) is 3.64. The van der Waals surface area contributed by atoms with Crippen molar-refractivity contribution in [2.24, 2.45) is 5.84 Å². The molecule has 0 fully saturated rings. The van der Waals surface area contributed by atoms with Crippen LogP contribution in [0.25, 0.3) is 0 Å². The Bertz CT molecular complexity index is 714. The number of hydrogen-bond donors (Lipinski definition) is 2. The van der Waals surface area contributed by atoms with Crippen molar-refractivity contribution >= 4 is 25.5 Å². The first-order valence-electron chi connectivity index (χ1n) is 6.34. The smallest absolute Gasteiger partial charge is 0.245 e. The van der Waals surface area contributed by atoms with Gasteiger partial charge in [-0.3, -0.25) is 5.84 Å². The summed E-state index contributed by atoms with van der Waals surface area (Å²) in [4.78, 5) is -0.228. The second kappa shape index (κ2) is 6.30. The number of sulfone groups is 1. The minimum atomic E-state index is -3.85. The summed E-state index contributed by atoms with van der Waals surface area (Å²) in [5.74, 6) is 5.33. The van der Waals surface area contributed by atoms with E-state index in [0.29, 0.717) is 6.42 Å².